The van der Waals surface area contributed by atoms with Gasteiger partial charge in [0.2, 0.25) is 0 Å². The first-order valence-electron chi connectivity index (χ1n) is 8.46. The maximum Gasteiger partial charge on any atom is 0.303 e. The largest absolute Gasteiger partial charge is 0.481 e. The van der Waals surface area contributed by atoms with Crippen LogP contribution >= 0.6 is 0 Å². The molecular formula is C20H28O3. The van der Waals surface area contributed by atoms with E-state index in [0.29, 0.717) is 6.42 Å². The minimum absolute atomic E-state index is 0.217. The van der Waals surface area contributed by atoms with E-state index in [2.05, 4.69) is 6.92 Å². The van der Waals surface area contributed by atoms with Gasteiger partial charge in [0.25, 0.3) is 0 Å². The van der Waals surface area contributed by atoms with Crippen molar-refractivity contribution in [1.29, 1.82) is 0 Å². The van der Waals surface area contributed by atoms with Gasteiger partial charge in [-0.15, -0.1) is 0 Å². The average molecular weight is 316 g/mol. The lowest BCUT2D eigenvalue weighted by atomic mass is 10.1. The minimum Gasteiger partial charge on any atom is -0.481 e. The normalized spacial score (nSPS) is 13.0. The first-order valence-corrected chi connectivity index (χ1v) is 8.46. The van der Waals surface area contributed by atoms with Crippen LogP contribution in [0.3, 0.4) is 0 Å². The number of carbonyl (C=O) groups is 1. The molecule has 0 fully saturated rings. The first-order chi connectivity index (χ1) is 11.1. The number of hydrogen-bond acceptors (Lipinski definition) is 2. The lowest BCUT2D eigenvalue weighted by Crippen LogP contribution is -2.00. The van der Waals surface area contributed by atoms with Crippen LogP contribution in [0.5, 0.6) is 0 Å². The number of carboxylic acids is 1. The summed E-state index contributed by atoms with van der Waals surface area (Å²) in [6.45, 7) is 2.16. The summed E-state index contributed by atoms with van der Waals surface area (Å²) >= 11 is 0. The van der Waals surface area contributed by atoms with Crippen molar-refractivity contribution in [2.75, 3.05) is 0 Å². The van der Waals surface area contributed by atoms with Crippen LogP contribution < -0.4 is 0 Å². The van der Waals surface area contributed by atoms with Gasteiger partial charge in [-0.05, 0) is 30.4 Å². The van der Waals surface area contributed by atoms with Crippen molar-refractivity contribution in [2.45, 2.75) is 58.0 Å². The molecule has 0 bridgehead atoms. The molecule has 126 valence electrons. The van der Waals surface area contributed by atoms with E-state index in [0.717, 1.165) is 30.4 Å². The lowest BCUT2D eigenvalue weighted by molar-refractivity contribution is -0.137. The smallest absolute Gasteiger partial charge is 0.303 e. The number of aliphatic carboxylic acids is 1. The number of aliphatic hydroxyl groups is 1. The number of unbranched alkanes of at least 4 members (excludes halogenated alkanes) is 3. The Kier molecular flexibility index (Phi) is 9.73. The Morgan fingerprint density at radius 1 is 1.09 bits per heavy atom. The molecule has 1 aromatic rings. The third-order valence-electron chi connectivity index (χ3n) is 3.62. The minimum atomic E-state index is -0.744. The summed E-state index contributed by atoms with van der Waals surface area (Å²) in [5, 5.41) is 18.4. The molecule has 3 heteroatoms. The van der Waals surface area contributed by atoms with Gasteiger partial charge in [0, 0.05) is 6.42 Å². The SMILES string of the molecule is CCCCC[C@H](O)/C=C/c1ccc(/C=C\CCCC(=O)O)cc1. The van der Waals surface area contributed by atoms with Crippen LogP contribution in [0.4, 0.5) is 0 Å². The quantitative estimate of drug-likeness (QED) is 0.570. The molecule has 0 radical (unpaired) electrons. The van der Waals surface area contributed by atoms with Crippen molar-refractivity contribution in [2.24, 2.45) is 0 Å². The van der Waals surface area contributed by atoms with Crippen LogP contribution in [0.25, 0.3) is 12.2 Å². The summed E-state index contributed by atoms with van der Waals surface area (Å²) in [6, 6.07) is 8.09. The van der Waals surface area contributed by atoms with E-state index in [-0.39, 0.29) is 12.5 Å². The molecule has 0 aliphatic rings. The van der Waals surface area contributed by atoms with Gasteiger partial charge in [-0.2, -0.15) is 0 Å². The highest BCUT2D eigenvalue weighted by atomic mass is 16.4. The molecule has 2 N–H and O–H groups in total. The second kappa shape index (κ2) is 11.7. The van der Waals surface area contributed by atoms with Crippen molar-refractivity contribution in [3.8, 4) is 0 Å². The Bertz CT molecular complexity index is 500. The van der Waals surface area contributed by atoms with Gasteiger partial charge in [-0.1, -0.05) is 74.8 Å². The summed E-state index contributed by atoms with van der Waals surface area (Å²) in [7, 11) is 0. The summed E-state index contributed by atoms with van der Waals surface area (Å²) in [6.07, 6.45) is 13.3. The molecule has 0 aliphatic carbocycles. The fourth-order valence-electron chi connectivity index (χ4n) is 2.23. The van der Waals surface area contributed by atoms with Gasteiger partial charge in [0.15, 0.2) is 0 Å². The van der Waals surface area contributed by atoms with Crippen molar-refractivity contribution in [3.63, 3.8) is 0 Å². The summed E-state index contributed by atoms with van der Waals surface area (Å²) in [5.41, 5.74) is 2.17. The van der Waals surface area contributed by atoms with Gasteiger partial charge in [0.05, 0.1) is 6.10 Å². The molecule has 3 nitrogen and oxygen atoms in total. The second-order valence-corrected chi connectivity index (χ2v) is 5.78. The predicted molar refractivity (Wildman–Crippen MR) is 96.1 cm³/mol. The van der Waals surface area contributed by atoms with E-state index in [1.165, 1.54) is 12.8 Å². The van der Waals surface area contributed by atoms with Crippen LogP contribution in [-0.2, 0) is 4.79 Å². The number of hydrogen-bond donors (Lipinski definition) is 2. The molecule has 0 aliphatic heterocycles. The molecule has 0 amide bonds. The number of benzene rings is 1. The number of aliphatic hydroxyl groups excluding tert-OH is 1. The number of carboxylic acid groups (broad SMARTS) is 1. The Morgan fingerprint density at radius 3 is 2.35 bits per heavy atom. The van der Waals surface area contributed by atoms with Gasteiger partial charge in [-0.25, -0.2) is 0 Å². The Labute approximate surface area is 139 Å². The van der Waals surface area contributed by atoms with Crippen LogP contribution in [0.2, 0.25) is 0 Å². The van der Waals surface area contributed by atoms with Crippen LogP contribution in [0.1, 0.15) is 63.0 Å². The van der Waals surface area contributed by atoms with Crippen molar-refractivity contribution in [1.82, 2.24) is 0 Å². The van der Waals surface area contributed by atoms with Crippen LogP contribution in [0.15, 0.2) is 36.4 Å². The Balaban J connectivity index is 2.37. The van der Waals surface area contributed by atoms with Crippen molar-refractivity contribution < 1.29 is 15.0 Å². The molecule has 1 rings (SSSR count). The maximum atomic E-state index is 10.4. The number of allylic oxidation sites excluding steroid dienone is 1. The van der Waals surface area contributed by atoms with Crippen molar-refractivity contribution in [3.05, 3.63) is 47.5 Å². The predicted octanol–water partition coefficient (Wildman–Crippen LogP) is 4.91. The molecule has 0 saturated heterocycles. The maximum absolute atomic E-state index is 10.4. The van der Waals surface area contributed by atoms with E-state index >= 15 is 0 Å². The van der Waals surface area contributed by atoms with Crippen molar-refractivity contribution >= 4 is 18.1 Å². The molecule has 1 aromatic carbocycles. The highest BCUT2D eigenvalue weighted by Gasteiger charge is 1.98. The molecule has 0 heterocycles. The Hall–Kier alpha value is -1.87. The fourth-order valence-corrected chi connectivity index (χ4v) is 2.23. The third kappa shape index (κ3) is 9.69. The standard InChI is InChI=1S/C20H28O3/c1-2-3-5-9-19(21)16-15-18-13-11-17(12-14-18)8-6-4-7-10-20(22)23/h6,8,11-16,19,21H,2-5,7,9-10H2,1H3,(H,22,23)/b8-6-,16-15+/t19-/m0/s1. The van der Waals surface area contributed by atoms with E-state index in [1.54, 1.807) is 0 Å². The van der Waals surface area contributed by atoms with Gasteiger partial charge >= 0.3 is 5.97 Å². The summed E-state index contributed by atoms with van der Waals surface area (Å²) in [5.74, 6) is -0.744. The average Bonchev–Trinajstić information content (AvgIpc) is 2.54. The van der Waals surface area contributed by atoms with E-state index < -0.39 is 5.97 Å². The summed E-state index contributed by atoms with van der Waals surface area (Å²) < 4.78 is 0. The second-order valence-electron chi connectivity index (χ2n) is 5.78. The highest BCUT2D eigenvalue weighted by Crippen LogP contribution is 2.11. The molecule has 23 heavy (non-hydrogen) atoms. The molecule has 0 unspecified atom stereocenters. The zero-order chi connectivity index (χ0) is 16.9. The van der Waals surface area contributed by atoms with E-state index in [1.807, 2.05) is 48.6 Å². The summed E-state index contributed by atoms with van der Waals surface area (Å²) in [4.78, 5) is 10.4. The Morgan fingerprint density at radius 2 is 1.74 bits per heavy atom. The lowest BCUT2D eigenvalue weighted by Gasteiger charge is -2.04. The molecule has 1 atom stereocenters. The van der Waals surface area contributed by atoms with E-state index in [4.69, 9.17) is 5.11 Å². The molecule has 0 aromatic heterocycles. The van der Waals surface area contributed by atoms with Gasteiger partial charge < -0.3 is 10.2 Å². The van der Waals surface area contributed by atoms with Gasteiger partial charge in [0.1, 0.15) is 0 Å². The van der Waals surface area contributed by atoms with Gasteiger partial charge in [-0.3, -0.25) is 4.79 Å². The first kappa shape index (κ1) is 19.2. The fraction of sp³-hybridized carbons (Fsp3) is 0.450. The zero-order valence-corrected chi connectivity index (χ0v) is 13.9. The van der Waals surface area contributed by atoms with E-state index in [9.17, 15) is 9.90 Å². The zero-order valence-electron chi connectivity index (χ0n) is 13.9. The molecule has 0 spiro atoms. The topological polar surface area (TPSA) is 57.5 Å². The van der Waals surface area contributed by atoms with Crippen LogP contribution in [-0.4, -0.2) is 22.3 Å². The highest BCUT2D eigenvalue weighted by molar-refractivity contribution is 5.66. The molecule has 0 saturated carbocycles. The number of rotatable bonds is 11. The third-order valence-corrected chi connectivity index (χ3v) is 3.62. The molecular weight excluding hydrogens is 288 g/mol. The van der Waals surface area contributed by atoms with Crippen LogP contribution in [0, 0.1) is 0 Å². The monoisotopic (exact) mass is 316 g/mol.